The van der Waals surface area contributed by atoms with Crippen molar-refractivity contribution in [1.29, 1.82) is 0 Å². The average molecular weight is 255 g/mol. The fourth-order valence-corrected chi connectivity index (χ4v) is 1.58. The largest absolute Gasteiger partial charge is 0.409 e. The van der Waals surface area contributed by atoms with E-state index in [-0.39, 0.29) is 18.5 Å². The molecule has 0 fully saturated rings. The van der Waals surface area contributed by atoms with Crippen LogP contribution >= 0.6 is 0 Å². The normalized spacial score (nSPS) is 17.2. The van der Waals surface area contributed by atoms with E-state index in [0.717, 1.165) is 6.42 Å². The molecule has 17 heavy (non-hydrogen) atoms. The van der Waals surface area contributed by atoms with Gasteiger partial charge in [0.15, 0.2) is 5.84 Å². The molecule has 7 heteroatoms. The van der Waals surface area contributed by atoms with Gasteiger partial charge in [0.2, 0.25) is 0 Å². The maximum Gasteiger partial charge on any atom is 0.400 e. The molecule has 2 atom stereocenters. The zero-order valence-electron chi connectivity index (χ0n) is 10.3. The van der Waals surface area contributed by atoms with Gasteiger partial charge in [-0.3, -0.25) is 0 Å². The van der Waals surface area contributed by atoms with E-state index >= 15 is 0 Å². The maximum atomic E-state index is 12.6. The lowest BCUT2D eigenvalue weighted by atomic mass is 10.0. The quantitative estimate of drug-likeness (QED) is 0.294. The Morgan fingerprint density at radius 3 is 2.24 bits per heavy atom. The number of hydrogen-bond acceptors (Lipinski definition) is 3. The number of oxime groups is 1. The Morgan fingerprint density at radius 1 is 1.41 bits per heavy atom. The highest BCUT2D eigenvalue weighted by Crippen LogP contribution is 2.26. The molecule has 4 nitrogen and oxygen atoms in total. The molecule has 0 saturated heterocycles. The van der Waals surface area contributed by atoms with Crippen LogP contribution in [0.4, 0.5) is 13.2 Å². The van der Waals surface area contributed by atoms with E-state index in [9.17, 15) is 13.2 Å². The van der Waals surface area contributed by atoms with Gasteiger partial charge in [0, 0.05) is 12.6 Å². The van der Waals surface area contributed by atoms with Gasteiger partial charge < -0.3 is 16.3 Å². The van der Waals surface area contributed by atoms with Crippen molar-refractivity contribution in [2.75, 3.05) is 6.54 Å². The van der Waals surface area contributed by atoms with Gasteiger partial charge in [-0.2, -0.15) is 13.2 Å². The van der Waals surface area contributed by atoms with Gasteiger partial charge in [-0.15, -0.1) is 0 Å². The smallest absolute Gasteiger partial charge is 0.400 e. The molecule has 0 heterocycles. The Morgan fingerprint density at radius 2 is 1.94 bits per heavy atom. The molecule has 0 aliphatic rings. The molecule has 102 valence electrons. The SMILES string of the molecule is CCC(NCC(C(N)=NO)C(F)(F)F)C(C)C. The van der Waals surface area contributed by atoms with Gasteiger partial charge in [0.05, 0.1) is 0 Å². The molecular formula is C10H20F3N3O. The molecule has 2 unspecified atom stereocenters. The fraction of sp³-hybridized carbons (Fsp3) is 0.900. The standard InChI is InChI=1S/C10H20F3N3O/c1-4-8(6(2)3)15-5-7(9(14)16-17)10(11,12)13/h6-8,15,17H,4-5H2,1-3H3,(H2,14,16). The van der Waals surface area contributed by atoms with Crippen molar-refractivity contribution < 1.29 is 18.4 Å². The van der Waals surface area contributed by atoms with E-state index in [0.29, 0.717) is 0 Å². The minimum Gasteiger partial charge on any atom is -0.409 e. The summed E-state index contributed by atoms with van der Waals surface area (Å²) >= 11 is 0. The first-order chi connectivity index (χ1) is 7.73. The number of rotatable bonds is 6. The number of hydrogen-bond donors (Lipinski definition) is 3. The summed E-state index contributed by atoms with van der Waals surface area (Å²) in [4.78, 5) is 0. The Labute approximate surface area is 99.1 Å². The lowest BCUT2D eigenvalue weighted by Crippen LogP contribution is -2.46. The van der Waals surface area contributed by atoms with Gasteiger partial charge in [-0.05, 0) is 12.3 Å². The third kappa shape index (κ3) is 5.25. The van der Waals surface area contributed by atoms with Crippen LogP contribution in [0.2, 0.25) is 0 Å². The Balaban J connectivity index is 4.57. The Kier molecular flexibility index (Phi) is 6.30. The monoisotopic (exact) mass is 255 g/mol. The molecule has 0 amide bonds. The van der Waals surface area contributed by atoms with Crippen molar-refractivity contribution in [3.63, 3.8) is 0 Å². The van der Waals surface area contributed by atoms with Crippen molar-refractivity contribution in [2.45, 2.75) is 39.4 Å². The third-order valence-electron chi connectivity index (χ3n) is 2.70. The minimum atomic E-state index is -4.52. The van der Waals surface area contributed by atoms with Crippen LogP contribution in [0.15, 0.2) is 5.16 Å². The predicted octanol–water partition coefficient (Wildman–Crippen LogP) is 1.94. The first-order valence-corrected chi connectivity index (χ1v) is 5.51. The highest BCUT2D eigenvalue weighted by molar-refractivity contribution is 5.83. The van der Waals surface area contributed by atoms with Crippen LogP contribution in [0.25, 0.3) is 0 Å². The average Bonchev–Trinajstić information content (AvgIpc) is 2.21. The summed E-state index contributed by atoms with van der Waals surface area (Å²) in [6.07, 6.45) is -3.79. The lowest BCUT2D eigenvalue weighted by molar-refractivity contribution is -0.155. The van der Waals surface area contributed by atoms with Gasteiger partial charge in [-0.25, -0.2) is 0 Å². The van der Waals surface area contributed by atoms with Gasteiger partial charge in [-0.1, -0.05) is 25.9 Å². The number of amidine groups is 1. The van der Waals surface area contributed by atoms with Gasteiger partial charge in [0.25, 0.3) is 0 Å². The highest BCUT2D eigenvalue weighted by atomic mass is 19.4. The number of nitrogens with one attached hydrogen (secondary N) is 1. The summed E-state index contributed by atoms with van der Waals surface area (Å²) in [6.45, 7) is 5.36. The van der Waals surface area contributed by atoms with Gasteiger partial charge in [0.1, 0.15) is 5.92 Å². The maximum absolute atomic E-state index is 12.6. The van der Waals surface area contributed by atoms with Crippen LogP contribution in [0.1, 0.15) is 27.2 Å². The van der Waals surface area contributed by atoms with Crippen LogP contribution in [-0.2, 0) is 0 Å². The molecule has 0 spiro atoms. The van der Waals surface area contributed by atoms with E-state index in [4.69, 9.17) is 10.9 Å². The van der Waals surface area contributed by atoms with E-state index in [2.05, 4.69) is 10.5 Å². The molecule has 0 aromatic rings. The summed E-state index contributed by atoms with van der Waals surface area (Å²) in [5.41, 5.74) is 5.05. The van der Waals surface area contributed by atoms with Crippen LogP contribution in [0, 0.1) is 11.8 Å². The first kappa shape index (κ1) is 16.0. The van der Waals surface area contributed by atoms with Gasteiger partial charge >= 0.3 is 6.18 Å². The minimum absolute atomic E-state index is 0.0219. The number of alkyl halides is 3. The molecule has 4 N–H and O–H groups in total. The Bertz CT molecular complexity index is 254. The molecular weight excluding hydrogens is 235 g/mol. The first-order valence-electron chi connectivity index (χ1n) is 5.51. The van der Waals surface area contributed by atoms with E-state index in [1.54, 1.807) is 0 Å². The molecule has 0 radical (unpaired) electrons. The van der Waals surface area contributed by atoms with Crippen molar-refractivity contribution in [1.82, 2.24) is 5.32 Å². The summed E-state index contributed by atoms with van der Waals surface area (Å²) in [5.74, 6) is -2.55. The van der Waals surface area contributed by atoms with Crippen molar-refractivity contribution in [3.8, 4) is 0 Å². The predicted molar refractivity (Wildman–Crippen MR) is 59.9 cm³/mol. The molecule has 0 aliphatic heterocycles. The van der Waals surface area contributed by atoms with E-state index in [1.807, 2.05) is 20.8 Å². The topological polar surface area (TPSA) is 70.6 Å². The summed E-state index contributed by atoms with van der Waals surface area (Å²) in [6, 6.07) is -0.0219. The molecule has 0 aromatic heterocycles. The molecule has 0 saturated carbocycles. The Hall–Kier alpha value is -0.980. The lowest BCUT2D eigenvalue weighted by Gasteiger charge is -2.25. The summed E-state index contributed by atoms with van der Waals surface area (Å²) < 4.78 is 37.8. The van der Waals surface area contributed by atoms with Crippen molar-refractivity contribution in [2.24, 2.45) is 22.7 Å². The van der Waals surface area contributed by atoms with Crippen LogP contribution < -0.4 is 11.1 Å². The van der Waals surface area contributed by atoms with Crippen LogP contribution in [0.5, 0.6) is 0 Å². The second-order valence-electron chi connectivity index (χ2n) is 4.29. The zero-order valence-corrected chi connectivity index (χ0v) is 10.3. The fourth-order valence-electron chi connectivity index (χ4n) is 1.58. The van der Waals surface area contributed by atoms with Crippen LogP contribution in [0.3, 0.4) is 0 Å². The van der Waals surface area contributed by atoms with E-state index in [1.165, 1.54) is 0 Å². The van der Waals surface area contributed by atoms with Crippen LogP contribution in [-0.4, -0.2) is 29.8 Å². The van der Waals surface area contributed by atoms with Crippen molar-refractivity contribution >= 4 is 5.84 Å². The van der Waals surface area contributed by atoms with E-state index < -0.39 is 17.9 Å². The molecule has 0 bridgehead atoms. The van der Waals surface area contributed by atoms with Crippen molar-refractivity contribution in [3.05, 3.63) is 0 Å². The highest BCUT2D eigenvalue weighted by Gasteiger charge is 2.42. The molecule has 0 aromatic carbocycles. The summed E-state index contributed by atoms with van der Waals surface area (Å²) in [7, 11) is 0. The third-order valence-corrected chi connectivity index (χ3v) is 2.70. The zero-order chi connectivity index (χ0) is 13.6. The molecule has 0 aliphatic carbocycles. The second-order valence-corrected chi connectivity index (χ2v) is 4.29. The number of halogens is 3. The molecule has 0 rings (SSSR count). The number of nitrogens with two attached hydrogens (primary N) is 1. The summed E-state index contributed by atoms with van der Waals surface area (Å²) in [5, 5.41) is 13.6. The number of nitrogens with zero attached hydrogens (tertiary/aromatic N) is 1. The second kappa shape index (κ2) is 6.68.